The molecule has 1 aromatic carbocycles. The quantitative estimate of drug-likeness (QED) is 0.111. The van der Waals surface area contributed by atoms with E-state index in [9.17, 15) is 24.0 Å². The molecule has 1 saturated heterocycles. The Hall–Kier alpha value is -2.24. The van der Waals surface area contributed by atoms with Crippen molar-refractivity contribution in [3.8, 4) is 0 Å². The highest BCUT2D eigenvalue weighted by Crippen LogP contribution is 2.39. The zero-order valence-electron chi connectivity index (χ0n) is 24.1. The molecule has 1 fully saturated rings. The van der Waals surface area contributed by atoms with Crippen LogP contribution in [0.1, 0.15) is 71.3 Å². The van der Waals surface area contributed by atoms with E-state index in [0.29, 0.717) is 29.7 Å². The highest BCUT2D eigenvalue weighted by molar-refractivity contribution is 8.77. The summed E-state index contributed by atoms with van der Waals surface area (Å²) in [5.74, 6) is -1.49. The fraction of sp³-hybridized carbons (Fsp3) is 0.621. The summed E-state index contributed by atoms with van der Waals surface area (Å²) >= 11 is 5.96. The van der Waals surface area contributed by atoms with Crippen molar-refractivity contribution in [2.45, 2.75) is 89.5 Å². The first-order valence-corrected chi connectivity index (χ1v) is 17.1. The molecule has 9 nitrogen and oxygen atoms in total. The number of halogens is 1. The Morgan fingerprint density at radius 3 is 2.29 bits per heavy atom. The average Bonchev–Trinajstić information content (AvgIpc) is 3.46. The Balaban J connectivity index is 1.82. The van der Waals surface area contributed by atoms with Gasteiger partial charge >= 0.3 is 0 Å². The van der Waals surface area contributed by atoms with Crippen molar-refractivity contribution >= 4 is 62.6 Å². The van der Waals surface area contributed by atoms with Gasteiger partial charge in [-0.15, -0.1) is 0 Å². The second kappa shape index (κ2) is 19.0. The number of ketones is 1. The van der Waals surface area contributed by atoms with Crippen molar-refractivity contribution in [2.75, 3.05) is 18.8 Å². The maximum atomic E-state index is 13.2. The molecule has 4 N–H and O–H groups in total. The van der Waals surface area contributed by atoms with Crippen molar-refractivity contribution in [3.63, 3.8) is 0 Å². The molecule has 1 aliphatic heterocycles. The van der Waals surface area contributed by atoms with Crippen molar-refractivity contribution in [1.82, 2.24) is 21.3 Å². The first kappa shape index (κ1) is 35.0. The van der Waals surface area contributed by atoms with E-state index < -0.39 is 29.7 Å². The van der Waals surface area contributed by atoms with E-state index in [1.54, 1.807) is 45.0 Å². The highest BCUT2D eigenvalue weighted by Gasteiger charge is 2.31. The molecule has 3 atom stereocenters. The zero-order chi connectivity index (χ0) is 30.2. The summed E-state index contributed by atoms with van der Waals surface area (Å²) < 4.78 is 0. The third-order valence-corrected chi connectivity index (χ3v) is 9.88. The van der Waals surface area contributed by atoms with Crippen LogP contribution in [0.4, 0.5) is 0 Å². The molecule has 0 saturated carbocycles. The van der Waals surface area contributed by atoms with E-state index in [0.717, 1.165) is 24.8 Å². The lowest BCUT2D eigenvalue weighted by molar-refractivity contribution is -0.140. The Morgan fingerprint density at radius 2 is 1.66 bits per heavy atom. The summed E-state index contributed by atoms with van der Waals surface area (Å²) in [6.45, 7) is 5.92. The first-order chi connectivity index (χ1) is 19.6. The van der Waals surface area contributed by atoms with Crippen LogP contribution in [-0.4, -0.2) is 65.6 Å². The minimum absolute atomic E-state index is 0.0122. The molecular formula is C29H43ClN4O5S2. The minimum atomic E-state index is -1.11. The number of nitrogens with one attached hydrogen (secondary N) is 4. The van der Waals surface area contributed by atoms with Crippen molar-refractivity contribution in [3.05, 3.63) is 34.9 Å². The SMILES string of the molecule is CCNC(=O)C(=O)[C@H](Cc1ccc(Cl)cc1)NC(=O)[C@@H](NC(=O)CCCNC(=O)CCCCC1CCSS1)C(C)C. The number of carbonyl (C=O) groups is 5. The Morgan fingerprint density at radius 1 is 0.951 bits per heavy atom. The Bertz CT molecular complexity index is 1020. The fourth-order valence-corrected chi connectivity index (χ4v) is 7.45. The molecule has 4 amide bonds. The van der Waals surface area contributed by atoms with E-state index in [2.05, 4.69) is 21.3 Å². The standard InChI is InChI=1S/C29H43ClN4O5S2/c1-4-31-29(39)27(37)23(18-20-11-13-21(30)14-12-20)33-28(38)26(19(2)3)34-25(36)10-7-16-32-24(35)9-6-5-8-22-15-17-40-41-22/h11-14,19,22-23,26H,4-10,15-18H2,1-3H3,(H,31,39)(H,32,35)(H,33,38)(H,34,36)/t22?,23-,26-/m0/s1. The van der Waals surface area contributed by atoms with Gasteiger partial charge in [-0.2, -0.15) is 0 Å². The van der Waals surface area contributed by atoms with Crippen LogP contribution >= 0.6 is 33.2 Å². The summed E-state index contributed by atoms with van der Waals surface area (Å²) in [5, 5.41) is 12.0. The number of Topliss-reactive ketones (excluding diaryl/α,β-unsaturated/α-hetero) is 1. The summed E-state index contributed by atoms with van der Waals surface area (Å²) in [6.07, 6.45) is 5.46. The summed E-state index contributed by atoms with van der Waals surface area (Å²) in [4.78, 5) is 63.1. The predicted octanol–water partition coefficient (Wildman–Crippen LogP) is 3.82. The summed E-state index contributed by atoms with van der Waals surface area (Å²) in [7, 11) is 3.88. The van der Waals surface area contributed by atoms with E-state index in [4.69, 9.17) is 11.6 Å². The molecule has 228 valence electrons. The van der Waals surface area contributed by atoms with Gasteiger partial charge in [0.05, 0.1) is 0 Å². The van der Waals surface area contributed by atoms with Gasteiger partial charge in [-0.05, 0) is 56.2 Å². The first-order valence-electron chi connectivity index (χ1n) is 14.3. The third kappa shape index (κ3) is 13.5. The van der Waals surface area contributed by atoms with Crippen LogP contribution in [0.3, 0.4) is 0 Å². The number of benzene rings is 1. The topological polar surface area (TPSA) is 133 Å². The van der Waals surface area contributed by atoms with Gasteiger partial charge in [0, 0.05) is 48.4 Å². The van der Waals surface area contributed by atoms with Crippen LogP contribution in [0.25, 0.3) is 0 Å². The number of hydrogen-bond acceptors (Lipinski definition) is 7. The molecule has 0 spiro atoms. The van der Waals surface area contributed by atoms with Gasteiger partial charge in [0.15, 0.2) is 0 Å². The van der Waals surface area contributed by atoms with Crippen molar-refractivity contribution in [2.24, 2.45) is 5.92 Å². The smallest absolute Gasteiger partial charge is 0.289 e. The third-order valence-electron chi connectivity index (χ3n) is 6.62. The number of hydrogen-bond donors (Lipinski definition) is 4. The van der Waals surface area contributed by atoms with Gasteiger partial charge in [0.25, 0.3) is 5.91 Å². The van der Waals surface area contributed by atoms with Crippen LogP contribution in [0.2, 0.25) is 5.02 Å². The number of amides is 4. The summed E-state index contributed by atoms with van der Waals surface area (Å²) in [6, 6.07) is 4.77. The maximum Gasteiger partial charge on any atom is 0.289 e. The Labute approximate surface area is 256 Å². The molecule has 1 aromatic rings. The molecule has 1 heterocycles. The van der Waals surface area contributed by atoms with Gasteiger partial charge in [-0.1, -0.05) is 65.6 Å². The van der Waals surface area contributed by atoms with Crippen LogP contribution in [0.15, 0.2) is 24.3 Å². The molecule has 0 aromatic heterocycles. The molecule has 41 heavy (non-hydrogen) atoms. The number of rotatable bonds is 18. The number of unbranched alkanes of at least 4 members (excludes halogenated alkanes) is 1. The number of likely N-dealkylation sites (N-methyl/N-ethyl adjacent to an activating group) is 1. The minimum Gasteiger partial charge on any atom is -0.356 e. The lowest BCUT2D eigenvalue weighted by Gasteiger charge is -2.25. The van der Waals surface area contributed by atoms with Gasteiger partial charge in [-0.3, -0.25) is 24.0 Å². The number of carbonyl (C=O) groups excluding carboxylic acids is 5. The van der Waals surface area contributed by atoms with Crippen molar-refractivity contribution < 1.29 is 24.0 Å². The van der Waals surface area contributed by atoms with E-state index >= 15 is 0 Å². The van der Waals surface area contributed by atoms with Gasteiger partial charge < -0.3 is 21.3 Å². The van der Waals surface area contributed by atoms with Gasteiger partial charge in [-0.25, -0.2) is 0 Å². The second-order valence-corrected chi connectivity index (χ2v) is 13.7. The van der Waals surface area contributed by atoms with Crippen LogP contribution in [0, 0.1) is 5.92 Å². The predicted molar refractivity (Wildman–Crippen MR) is 167 cm³/mol. The molecular weight excluding hydrogens is 584 g/mol. The van der Waals surface area contributed by atoms with Gasteiger partial charge in [0.1, 0.15) is 12.1 Å². The monoisotopic (exact) mass is 626 g/mol. The average molecular weight is 627 g/mol. The second-order valence-electron chi connectivity index (χ2n) is 10.4. The lowest BCUT2D eigenvalue weighted by Crippen LogP contribution is -2.56. The lowest BCUT2D eigenvalue weighted by atomic mass is 9.99. The van der Waals surface area contributed by atoms with Crippen molar-refractivity contribution in [1.29, 1.82) is 0 Å². The normalized spacial score (nSPS) is 16.1. The van der Waals surface area contributed by atoms with Crippen LogP contribution in [-0.2, 0) is 30.4 Å². The summed E-state index contributed by atoms with van der Waals surface area (Å²) in [5.41, 5.74) is 0.719. The van der Waals surface area contributed by atoms with Crippen LogP contribution in [0.5, 0.6) is 0 Å². The molecule has 2 rings (SSSR count). The van der Waals surface area contributed by atoms with E-state index in [1.165, 1.54) is 12.2 Å². The molecule has 0 radical (unpaired) electrons. The fourth-order valence-electron chi connectivity index (χ4n) is 4.30. The molecule has 0 bridgehead atoms. The van der Waals surface area contributed by atoms with Gasteiger partial charge in [0.2, 0.25) is 23.5 Å². The maximum absolute atomic E-state index is 13.2. The molecule has 1 unspecified atom stereocenters. The highest BCUT2D eigenvalue weighted by atomic mass is 35.5. The van der Waals surface area contributed by atoms with E-state index in [1.807, 2.05) is 21.6 Å². The largest absolute Gasteiger partial charge is 0.356 e. The zero-order valence-corrected chi connectivity index (χ0v) is 26.5. The molecule has 0 aliphatic carbocycles. The molecule has 1 aliphatic rings. The molecule has 12 heteroatoms. The Kier molecular flexibility index (Phi) is 16.2. The van der Waals surface area contributed by atoms with Crippen LogP contribution < -0.4 is 21.3 Å². The van der Waals surface area contributed by atoms with E-state index in [-0.39, 0.29) is 37.1 Å².